The molecule has 1 unspecified atom stereocenters. The summed E-state index contributed by atoms with van der Waals surface area (Å²) in [6.07, 6.45) is 1.83. The van der Waals surface area contributed by atoms with Crippen LogP contribution in [0.15, 0.2) is 24.3 Å². The lowest BCUT2D eigenvalue weighted by Gasteiger charge is -2.25. The molecule has 5 heteroatoms. The van der Waals surface area contributed by atoms with E-state index in [1.807, 2.05) is 45.0 Å². The standard InChI is InChI=1S/C18H29ClN2O2/c1-6-7-16(14-8-10-15(19)11-9-14)20-12-13-21(5)17(22)23-18(2,3)4/h8-11,16,20H,6-7,12-13H2,1-5H3. The summed E-state index contributed by atoms with van der Waals surface area (Å²) >= 11 is 5.95. The second kappa shape index (κ2) is 9.14. The first-order valence-electron chi connectivity index (χ1n) is 8.16. The Morgan fingerprint density at radius 2 is 1.91 bits per heavy atom. The Kier molecular flexibility index (Phi) is 7.86. The lowest BCUT2D eigenvalue weighted by molar-refractivity contribution is 0.0299. The molecular weight excluding hydrogens is 312 g/mol. The quantitative estimate of drug-likeness (QED) is 0.786. The molecule has 0 saturated heterocycles. The molecule has 0 heterocycles. The molecule has 1 amide bonds. The smallest absolute Gasteiger partial charge is 0.410 e. The van der Waals surface area contributed by atoms with Gasteiger partial charge in [0.15, 0.2) is 0 Å². The highest BCUT2D eigenvalue weighted by atomic mass is 35.5. The number of nitrogens with zero attached hydrogens (tertiary/aromatic N) is 1. The van der Waals surface area contributed by atoms with Crippen LogP contribution in [0.2, 0.25) is 5.02 Å². The van der Waals surface area contributed by atoms with Gasteiger partial charge in [0.2, 0.25) is 0 Å². The van der Waals surface area contributed by atoms with Gasteiger partial charge >= 0.3 is 6.09 Å². The fourth-order valence-electron chi connectivity index (χ4n) is 2.21. The zero-order valence-electron chi connectivity index (χ0n) is 14.9. The van der Waals surface area contributed by atoms with Crippen molar-refractivity contribution in [1.29, 1.82) is 0 Å². The van der Waals surface area contributed by atoms with Crippen molar-refractivity contribution in [2.24, 2.45) is 0 Å². The number of carbonyl (C=O) groups excluding carboxylic acids is 1. The Morgan fingerprint density at radius 3 is 2.43 bits per heavy atom. The van der Waals surface area contributed by atoms with Gasteiger partial charge < -0.3 is 15.0 Å². The minimum atomic E-state index is -0.465. The lowest BCUT2D eigenvalue weighted by atomic mass is 10.0. The predicted octanol–water partition coefficient (Wildman–Crippen LogP) is 4.64. The molecule has 1 aromatic rings. The maximum absolute atomic E-state index is 11.9. The highest BCUT2D eigenvalue weighted by molar-refractivity contribution is 6.30. The van der Waals surface area contributed by atoms with Crippen LogP contribution in [-0.4, -0.2) is 36.7 Å². The first kappa shape index (κ1) is 19.8. The van der Waals surface area contributed by atoms with Crippen LogP contribution in [0.5, 0.6) is 0 Å². The fraction of sp³-hybridized carbons (Fsp3) is 0.611. The number of ether oxygens (including phenoxy) is 1. The van der Waals surface area contributed by atoms with Crippen LogP contribution >= 0.6 is 11.6 Å². The van der Waals surface area contributed by atoms with Crippen LogP contribution in [0.25, 0.3) is 0 Å². The van der Waals surface area contributed by atoms with Crippen LogP contribution in [0.3, 0.4) is 0 Å². The molecule has 0 fully saturated rings. The molecule has 0 bridgehead atoms. The number of amides is 1. The van der Waals surface area contributed by atoms with Crippen molar-refractivity contribution in [3.63, 3.8) is 0 Å². The topological polar surface area (TPSA) is 41.6 Å². The van der Waals surface area contributed by atoms with E-state index in [1.54, 1.807) is 11.9 Å². The molecule has 0 spiro atoms. The first-order chi connectivity index (χ1) is 10.7. The molecule has 0 aromatic heterocycles. The van der Waals surface area contributed by atoms with E-state index in [-0.39, 0.29) is 12.1 Å². The van der Waals surface area contributed by atoms with Crippen molar-refractivity contribution >= 4 is 17.7 Å². The second-order valence-corrected chi connectivity index (χ2v) is 7.19. The monoisotopic (exact) mass is 340 g/mol. The van der Waals surface area contributed by atoms with Crippen LogP contribution in [0.1, 0.15) is 52.1 Å². The van der Waals surface area contributed by atoms with Gasteiger partial charge in [0.05, 0.1) is 0 Å². The molecule has 1 atom stereocenters. The largest absolute Gasteiger partial charge is 0.444 e. The molecule has 4 nitrogen and oxygen atoms in total. The molecule has 1 aromatic carbocycles. The highest BCUT2D eigenvalue weighted by Crippen LogP contribution is 2.20. The summed E-state index contributed by atoms with van der Waals surface area (Å²) in [5, 5.41) is 4.26. The molecule has 0 saturated carbocycles. The Bertz CT molecular complexity index is 483. The predicted molar refractivity (Wildman–Crippen MR) is 96.0 cm³/mol. The SMILES string of the molecule is CCCC(NCCN(C)C(=O)OC(C)(C)C)c1ccc(Cl)cc1. The normalized spacial score (nSPS) is 12.8. The van der Waals surface area contributed by atoms with Gasteiger partial charge in [-0.1, -0.05) is 37.1 Å². The average molecular weight is 341 g/mol. The number of benzene rings is 1. The third-order valence-electron chi connectivity index (χ3n) is 3.39. The van der Waals surface area contributed by atoms with Gasteiger partial charge in [-0.3, -0.25) is 0 Å². The van der Waals surface area contributed by atoms with Gasteiger partial charge in [0, 0.05) is 31.2 Å². The van der Waals surface area contributed by atoms with Crippen molar-refractivity contribution in [1.82, 2.24) is 10.2 Å². The Morgan fingerprint density at radius 1 is 1.30 bits per heavy atom. The number of nitrogens with one attached hydrogen (secondary N) is 1. The summed E-state index contributed by atoms with van der Waals surface area (Å²) in [6.45, 7) is 9.08. The lowest BCUT2D eigenvalue weighted by Crippen LogP contribution is -2.38. The third kappa shape index (κ3) is 7.71. The minimum Gasteiger partial charge on any atom is -0.444 e. The van der Waals surface area contributed by atoms with Crippen molar-refractivity contribution in [3.8, 4) is 0 Å². The van der Waals surface area contributed by atoms with E-state index < -0.39 is 5.60 Å². The second-order valence-electron chi connectivity index (χ2n) is 6.75. The number of hydrogen-bond acceptors (Lipinski definition) is 3. The van der Waals surface area contributed by atoms with Crippen molar-refractivity contribution in [2.45, 2.75) is 52.2 Å². The van der Waals surface area contributed by atoms with Gasteiger partial charge in [0.1, 0.15) is 5.60 Å². The van der Waals surface area contributed by atoms with E-state index in [4.69, 9.17) is 16.3 Å². The minimum absolute atomic E-state index is 0.268. The van der Waals surface area contributed by atoms with E-state index in [1.165, 1.54) is 5.56 Å². The Labute approximate surface area is 145 Å². The summed E-state index contributed by atoms with van der Waals surface area (Å²) in [5.41, 5.74) is 0.753. The molecule has 0 aliphatic carbocycles. The highest BCUT2D eigenvalue weighted by Gasteiger charge is 2.19. The summed E-state index contributed by atoms with van der Waals surface area (Å²) in [7, 11) is 1.76. The van der Waals surface area contributed by atoms with Gasteiger partial charge in [-0.15, -0.1) is 0 Å². The molecule has 1 rings (SSSR count). The van der Waals surface area contributed by atoms with E-state index in [0.29, 0.717) is 13.1 Å². The van der Waals surface area contributed by atoms with E-state index in [0.717, 1.165) is 17.9 Å². The van der Waals surface area contributed by atoms with E-state index >= 15 is 0 Å². The van der Waals surface area contributed by atoms with Crippen LogP contribution in [0.4, 0.5) is 4.79 Å². The Hall–Kier alpha value is -1.26. The molecule has 0 radical (unpaired) electrons. The number of halogens is 1. The number of carbonyl (C=O) groups is 1. The number of rotatable bonds is 7. The number of hydrogen-bond donors (Lipinski definition) is 1. The van der Waals surface area contributed by atoms with Gasteiger partial charge in [-0.25, -0.2) is 4.79 Å². The molecule has 130 valence electrons. The van der Waals surface area contributed by atoms with Gasteiger partial charge in [-0.2, -0.15) is 0 Å². The van der Waals surface area contributed by atoms with Crippen molar-refractivity contribution in [3.05, 3.63) is 34.9 Å². The molecule has 0 aliphatic heterocycles. The summed E-state index contributed by atoms with van der Waals surface area (Å²) < 4.78 is 5.35. The number of likely N-dealkylation sites (N-methyl/N-ethyl adjacent to an activating group) is 1. The van der Waals surface area contributed by atoms with Crippen molar-refractivity contribution in [2.75, 3.05) is 20.1 Å². The van der Waals surface area contributed by atoms with Gasteiger partial charge in [-0.05, 0) is 44.9 Å². The maximum Gasteiger partial charge on any atom is 0.410 e. The molecule has 1 N–H and O–H groups in total. The fourth-order valence-corrected chi connectivity index (χ4v) is 2.33. The zero-order chi connectivity index (χ0) is 17.5. The zero-order valence-corrected chi connectivity index (χ0v) is 15.6. The van der Waals surface area contributed by atoms with Crippen LogP contribution in [-0.2, 0) is 4.74 Å². The van der Waals surface area contributed by atoms with E-state index in [9.17, 15) is 4.79 Å². The average Bonchev–Trinajstić information content (AvgIpc) is 2.45. The summed E-state index contributed by atoms with van der Waals surface area (Å²) in [6, 6.07) is 8.19. The molecular formula is C18H29ClN2O2. The van der Waals surface area contributed by atoms with Gasteiger partial charge in [0.25, 0.3) is 0 Å². The van der Waals surface area contributed by atoms with E-state index in [2.05, 4.69) is 12.2 Å². The van der Waals surface area contributed by atoms with Crippen molar-refractivity contribution < 1.29 is 9.53 Å². The summed E-state index contributed by atoms with van der Waals surface area (Å²) in [4.78, 5) is 13.5. The summed E-state index contributed by atoms with van der Waals surface area (Å²) in [5.74, 6) is 0. The van der Waals surface area contributed by atoms with Crippen LogP contribution < -0.4 is 5.32 Å². The van der Waals surface area contributed by atoms with Crippen LogP contribution in [0, 0.1) is 0 Å². The molecule has 23 heavy (non-hydrogen) atoms. The first-order valence-corrected chi connectivity index (χ1v) is 8.53. The molecule has 0 aliphatic rings. The Balaban J connectivity index is 2.49. The maximum atomic E-state index is 11.9. The third-order valence-corrected chi connectivity index (χ3v) is 3.64.